The lowest BCUT2D eigenvalue weighted by atomic mass is 10.2. The van der Waals surface area contributed by atoms with E-state index in [2.05, 4.69) is 23.6 Å². The van der Waals surface area contributed by atoms with Crippen LogP contribution in [0.3, 0.4) is 0 Å². The smallest absolute Gasteiger partial charge is 0.322 e. The number of carbonyl (C=O) groups is 1. The molecule has 0 radical (unpaired) electrons. The van der Waals surface area contributed by atoms with Crippen LogP contribution in [0.25, 0.3) is 0 Å². The van der Waals surface area contributed by atoms with Crippen molar-refractivity contribution >= 4 is 17.6 Å². The van der Waals surface area contributed by atoms with Crippen LogP contribution in [0, 0.1) is 0 Å². The fraction of sp³-hybridized carbons (Fsp3) is 0.900. The van der Waals surface area contributed by atoms with Crippen molar-refractivity contribution in [1.29, 1.82) is 0 Å². The second-order valence-electron chi connectivity index (χ2n) is 4.04. The van der Waals surface area contributed by atoms with E-state index in [0.717, 1.165) is 26.2 Å². The molecule has 0 aromatic heterocycles. The second kappa shape index (κ2) is 5.68. The van der Waals surface area contributed by atoms with Gasteiger partial charge < -0.3 is 5.11 Å². The Balaban J connectivity index is 2.37. The number of likely N-dealkylation sites (N-methyl/N-ethyl adjacent to an activating group) is 1. The van der Waals surface area contributed by atoms with Gasteiger partial charge >= 0.3 is 5.97 Å². The molecule has 0 spiro atoms. The van der Waals surface area contributed by atoms with Gasteiger partial charge in [0.25, 0.3) is 0 Å². The summed E-state index contributed by atoms with van der Waals surface area (Å²) in [5.41, 5.74) is 0. The van der Waals surface area contributed by atoms with Crippen LogP contribution in [0.1, 0.15) is 13.8 Å². The molecule has 0 saturated carbocycles. The van der Waals surface area contributed by atoms with Gasteiger partial charge in [-0.3, -0.25) is 14.6 Å². The number of halogens is 1. The average molecular weight is 235 g/mol. The van der Waals surface area contributed by atoms with Crippen molar-refractivity contribution in [2.24, 2.45) is 0 Å². The van der Waals surface area contributed by atoms with E-state index < -0.39 is 11.3 Å². The Kier molecular flexibility index (Phi) is 4.83. The lowest BCUT2D eigenvalue weighted by molar-refractivity contribution is -0.137. The van der Waals surface area contributed by atoms with Gasteiger partial charge in [-0.1, -0.05) is 6.92 Å². The van der Waals surface area contributed by atoms with E-state index in [1.165, 1.54) is 0 Å². The van der Waals surface area contributed by atoms with Crippen molar-refractivity contribution < 1.29 is 9.90 Å². The Bertz CT molecular complexity index is 225. The SMILES string of the molecule is CCN1CCN(CC(Cl)C(=O)O)CC1C. The summed E-state index contributed by atoms with van der Waals surface area (Å²) in [6.45, 7) is 8.63. The highest BCUT2D eigenvalue weighted by Gasteiger charge is 2.25. The van der Waals surface area contributed by atoms with Gasteiger partial charge in [0, 0.05) is 32.2 Å². The Morgan fingerprint density at radius 3 is 2.73 bits per heavy atom. The molecule has 0 amide bonds. The van der Waals surface area contributed by atoms with Crippen molar-refractivity contribution in [2.75, 3.05) is 32.7 Å². The highest BCUT2D eigenvalue weighted by Crippen LogP contribution is 2.10. The monoisotopic (exact) mass is 234 g/mol. The molecule has 1 aliphatic heterocycles. The predicted octanol–water partition coefficient (Wildman–Crippen LogP) is 0.704. The molecule has 1 heterocycles. The first-order valence-electron chi connectivity index (χ1n) is 5.37. The maximum Gasteiger partial charge on any atom is 0.322 e. The van der Waals surface area contributed by atoms with Crippen molar-refractivity contribution in [3.8, 4) is 0 Å². The molecule has 0 aliphatic carbocycles. The number of piperazine rings is 1. The van der Waals surface area contributed by atoms with E-state index in [4.69, 9.17) is 16.7 Å². The minimum absolute atomic E-state index is 0.443. The maximum absolute atomic E-state index is 10.6. The quantitative estimate of drug-likeness (QED) is 0.728. The van der Waals surface area contributed by atoms with E-state index in [0.29, 0.717) is 12.6 Å². The number of aliphatic carboxylic acids is 1. The third-order valence-corrected chi connectivity index (χ3v) is 3.27. The number of rotatable bonds is 4. The Morgan fingerprint density at radius 1 is 1.60 bits per heavy atom. The molecular formula is C10H19ClN2O2. The molecule has 1 N–H and O–H groups in total. The first-order chi connectivity index (χ1) is 7.04. The normalized spacial score (nSPS) is 26.5. The number of alkyl halides is 1. The van der Waals surface area contributed by atoms with Crippen LogP contribution in [0.5, 0.6) is 0 Å². The van der Waals surface area contributed by atoms with Crippen molar-refractivity contribution in [3.05, 3.63) is 0 Å². The molecule has 1 saturated heterocycles. The molecule has 4 nitrogen and oxygen atoms in total. The first-order valence-corrected chi connectivity index (χ1v) is 5.81. The van der Waals surface area contributed by atoms with Crippen molar-refractivity contribution in [1.82, 2.24) is 9.80 Å². The lowest BCUT2D eigenvalue weighted by Gasteiger charge is -2.39. The van der Waals surface area contributed by atoms with Gasteiger partial charge in [0.2, 0.25) is 0 Å². The molecule has 0 aromatic carbocycles. The number of carboxylic acid groups (broad SMARTS) is 1. The zero-order valence-electron chi connectivity index (χ0n) is 9.32. The van der Waals surface area contributed by atoms with Crippen LogP contribution in [0.4, 0.5) is 0 Å². The van der Waals surface area contributed by atoms with Crippen LogP contribution in [-0.2, 0) is 4.79 Å². The summed E-state index contributed by atoms with van der Waals surface area (Å²) in [6, 6.07) is 0.487. The highest BCUT2D eigenvalue weighted by molar-refractivity contribution is 6.29. The van der Waals surface area contributed by atoms with Crippen LogP contribution in [0.2, 0.25) is 0 Å². The minimum atomic E-state index is -0.928. The second-order valence-corrected chi connectivity index (χ2v) is 4.57. The fourth-order valence-electron chi connectivity index (χ4n) is 2.01. The molecule has 2 unspecified atom stereocenters. The van der Waals surface area contributed by atoms with Gasteiger partial charge in [-0.2, -0.15) is 0 Å². The van der Waals surface area contributed by atoms with Crippen LogP contribution in [0.15, 0.2) is 0 Å². The minimum Gasteiger partial charge on any atom is -0.480 e. The van der Waals surface area contributed by atoms with Gasteiger partial charge in [-0.25, -0.2) is 0 Å². The van der Waals surface area contributed by atoms with E-state index in [-0.39, 0.29) is 0 Å². The van der Waals surface area contributed by atoms with Gasteiger partial charge in [0.05, 0.1) is 0 Å². The third kappa shape index (κ3) is 3.63. The first kappa shape index (κ1) is 12.7. The summed E-state index contributed by atoms with van der Waals surface area (Å²) in [4.78, 5) is 15.1. The predicted molar refractivity (Wildman–Crippen MR) is 60.4 cm³/mol. The molecule has 1 rings (SSSR count). The maximum atomic E-state index is 10.6. The van der Waals surface area contributed by atoms with Gasteiger partial charge in [-0.15, -0.1) is 11.6 Å². The Labute approximate surface area is 95.8 Å². The van der Waals surface area contributed by atoms with Gasteiger partial charge in [-0.05, 0) is 13.5 Å². The standard InChI is InChI=1S/C10H19ClN2O2/c1-3-13-5-4-12(6-8(13)2)7-9(11)10(14)15/h8-9H,3-7H2,1-2H3,(H,14,15). The highest BCUT2D eigenvalue weighted by atomic mass is 35.5. The summed E-state index contributed by atoms with van der Waals surface area (Å²) in [5, 5.41) is 7.92. The van der Waals surface area contributed by atoms with E-state index >= 15 is 0 Å². The molecule has 1 fully saturated rings. The summed E-state index contributed by atoms with van der Waals surface area (Å²) in [7, 11) is 0. The molecule has 2 atom stereocenters. The average Bonchev–Trinajstić information content (AvgIpc) is 2.18. The van der Waals surface area contributed by atoms with Crippen molar-refractivity contribution in [3.63, 3.8) is 0 Å². The van der Waals surface area contributed by atoms with E-state index in [9.17, 15) is 4.79 Å². The van der Waals surface area contributed by atoms with Gasteiger partial charge in [0.15, 0.2) is 0 Å². The topological polar surface area (TPSA) is 43.8 Å². The molecule has 1 aliphatic rings. The van der Waals surface area contributed by atoms with Crippen LogP contribution in [-0.4, -0.2) is 65.0 Å². The third-order valence-electron chi connectivity index (χ3n) is 2.94. The van der Waals surface area contributed by atoms with Crippen LogP contribution >= 0.6 is 11.6 Å². The molecule has 0 aromatic rings. The zero-order chi connectivity index (χ0) is 11.4. The van der Waals surface area contributed by atoms with Crippen molar-refractivity contribution in [2.45, 2.75) is 25.3 Å². The Hall–Kier alpha value is -0.320. The molecular weight excluding hydrogens is 216 g/mol. The van der Waals surface area contributed by atoms with Crippen LogP contribution < -0.4 is 0 Å². The molecule has 0 bridgehead atoms. The van der Waals surface area contributed by atoms with E-state index in [1.54, 1.807) is 0 Å². The number of hydrogen-bond donors (Lipinski definition) is 1. The summed E-state index contributed by atoms with van der Waals surface area (Å²) in [6.07, 6.45) is 0. The van der Waals surface area contributed by atoms with Gasteiger partial charge in [0.1, 0.15) is 5.38 Å². The number of carboxylic acids is 1. The molecule has 15 heavy (non-hydrogen) atoms. The number of hydrogen-bond acceptors (Lipinski definition) is 3. The summed E-state index contributed by atoms with van der Waals surface area (Å²) in [5.74, 6) is -0.928. The van der Waals surface area contributed by atoms with E-state index in [1.807, 2.05) is 0 Å². The largest absolute Gasteiger partial charge is 0.480 e. The summed E-state index contributed by atoms with van der Waals surface area (Å²) >= 11 is 5.71. The fourth-order valence-corrected chi connectivity index (χ4v) is 2.21. The Morgan fingerprint density at radius 2 is 2.27 bits per heavy atom. The molecule has 5 heteroatoms. The lowest BCUT2D eigenvalue weighted by Crippen LogP contribution is -2.53. The molecule has 88 valence electrons. The number of nitrogens with zero attached hydrogens (tertiary/aromatic N) is 2. The summed E-state index contributed by atoms with van der Waals surface area (Å²) < 4.78 is 0. The zero-order valence-corrected chi connectivity index (χ0v) is 10.1.